The molecular formula is C27H32F2N6O2. The third-order valence-corrected chi connectivity index (χ3v) is 5.59. The lowest BCUT2D eigenvalue weighted by Crippen LogP contribution is -2.32. The number of carbonyl (C=O) groups excluding carboxylic acids is 2. The highest BCUT2D eigenvalue weighted by molar-refractivity contribution is 5.90. The normalized spacial score (nSPS) is 12.7. The van der Waals surface area contributed by atoms with Gasteiger partial charge in [0.15, 0.2) is 5.82 Å². The first kappa shape index (κ1) is 27.6. The molecule has 0 unspecified atom stereocenters. The van der Waals surface area contributed by atoms with E-state index in [1.807, 2.05) is 12.1 Å². The van der Waals surface area contributed by atoms with E-state index >= 15 is 0 Å². The van der Waals surface area contributed by atoms with Crippen molar-refractivity contribution in [3.05, 3.63) is 54.1 Å². The average molecular weight is 511 g/mol. The van der Waals surface area contributed by atoms with Crippen molar-refractivity contribution in [1.82, 2.24) is 20.3 Å². The Morgan fingerprint density at radius 1 is 1.16 bits per heavy atom. The fraction of sp³-hybridized carbons (Fsp3) is 0.370. The third kappa shape index (κ3) is 8.59. The molecule has 1 aliphatic carbocycles. The van der Waals surface area contributed by atoms with E-state index in [1.165, 1.54) is 26.0 Å². The van der Waals surface area contributed by atoms with E-state index in [1.54, 1.807) is 32.4 Å². The Balaban J connectivity index is 0.000000678. The number of anilines is 2. The van der Waals surface area contributed by atoms with Gasteiger partial charge in [-0.25, -0.2) is 28.5 Å². The third-order valence-electron chi connectivity index (χ3n) is 5.59. The summed E-state index contributed by atoms with van der Waals surface area (Å²) in [5.74, 6) is 0.964. The van der Waals surface area contributed by atoms with Gasteiger partial charge in [0.25, 0.3) is 0 Å². The molecule has 0 radical (unpaired) electrons. The summed E-state index contributed by atoms with van der Waals surface area (Å²) in [6.07, 6.45) is 6.76. The fourth-order valence-corrected chi connectivity index (χ4v) is 3.26. The second-order valence-electron chi connectivity index (χ2n) is 9.42. The van der Waals surface area contributed by atoms with Gasteiger partial charge in [0, 0.05) is 43.0 Å². The van der Waals surface area contributed by atoms with E-state index in [0.29, 0.717) is 34.4 Å². The van der Waals surface area contributed by atoms with E-state index in [2.05, 4.69) is 30.9 Å². The zero-order chi connectivity index (χ0) is 27.0. The van der Waals surface area contributed by atoms with Crippen molar-refractivity contribution in [1.29, 1.82) is 0 Å². The lowest BCUT2D eigenvalue weighted by Gasteiger charge is -2.15. The molecule has 10 heteroatoms. The number of hydrogen-bond donors (Lipinski definition) is 3. The van der Waals surface area contributed by atoms with Crippen LogP contribution in [0.2, 0.25) is 0 Å². The SMILES string of the molecule is CNc1cc(-c2ccnc(-c3cc(NC(=O)NCCC(C)(C)F)c(F)cc3C)n2)ccn1.O=CC1CC1. The van der Waals surface area contributed by atoms with Gasteiger partial charge in [0.1, 0.15) is 23.6 Å². The highest BCUT2D eigenvalue weighted by Gasteiger charge is 2.19. The molecule has 3 N–H and O–H groups in total. The first-order chi connectivity index (χ1) is 17.6. The number of rotatable bonds is 8. The molecule has 2 amide bonds. The highest BCUT2D eigenvalue weighted by Crippen LogP contribution is 2.28. The number of nitrogens with one attached hydrogen (secondary N) is 3. The summed E-state index contributed by atoms with van der Waals surface area (Å²) in [6, 6.07) is 7.66. The molecule has 0 spiro atoms. The summed E-state index contributed by atoms with van der Waals surface area (Å²) in [4.78, 5) is 34.8. The number of pyridine rings is 1. The predicted octanol–water partition coefficient (Wildman–Crippen LogP) is 5.55. The van der Waals surface area contributed by atoms with E-state index in [9.17, 15) is 18.4 Å². The highest BCUT2D eigenvalue weighted by atomic mass is 19.1. The quantitative estimate of drug-likeness (QED) is 0.343. The maximum atomic E-state index is 14.5. The van der Waals surface area contributed by atoms with Crippen LogP contribution in [0.5, 0.6) is 0 Å². The summed E-state index contributed by atoms with van der Waals surface area (Å²) >= 11 is 0. The number of aromatic nitrogens is 3. The number of hydrogen-bond acceptors (Lipinski definition) is 6. The predicted molar refractivity (Wildman–Crippen MR) is 141 cm³/mol. The van der Waals surface area contributed by atoms with Crippen molar-refractivity contribution in [3.8, 4) is 22.6 Å². The monoisotopic (exact) mass is 510 g/mol. The molecule has 1 fully saturated rings. The summed E-state index contributed by atoms with van der Waals surface area (Å²) in [7, 11) is 1.78. The van der Waals surface area contributed by atoms with Gasteiger partial charge in [0.05, 0.1) is 11.4 Å². The smallest absolute Gasteiger partial charge is 0.319 e. The first-order valence-electron chi connectivity index (χ1n) is 12.1. The second-order valence-corrected chi connectivity index (χ2v) is 9.42. The van der Waals surface area contributed by atoms with Crippen LogP contribution in [0.3, 0.4) is 0 Å². The molecule has 8 nitrogen and oxygen atoms in total. The van der Waals surface area contributed by atoms with Crippen LogP contribution in [0.15, 0.2) is 42.7 Å². The Labute approximate surface area is 215 Å². The van der Waals surface area contributed by atoms with Crippen molar-refractivity contribution in [3.63, 3.8) is 0 Å². The number of benzene rings is 1. The Kier molecular flexibility index (Phi) is 9.21. The summed E-state index contributed by atoms with van der Waals surface area (Å²) < 4.78 is 28.0. The Morgan fingerprint density at radius 3 is 2.51 bits per heavy atom. The minimum atomic E-state index is -1.40. The molecule has 196 valence electrons. The molecule has 1 aliphatic rings. The maximum Gasteiger partial charge on any atom is 0.319 e. The average Bonchev–Trinajstić information content (AvgIpc) is 3.70. The van der Waals surface area contributed by atoms with Gasteiger partial charge in [-0.15, -0.1) is 0 Å². The van der Waals surface area contributed by atoms with E-state index in [-0.39, 0.29) is 18.7 Å². The molecule has 0 aliphatic heterocycles. The summed E-state index contributed by atoms with van der Waals surface area (Å²) in [5, 5.41) is 7.99. The number of aldehydes is 1. The zero-order valence-electron chi connectivity index (χ0n) is 21.4. The van der Waals surface area contributed by atoms with Gasteiger partial charge in [-0.1, -0.05) is 0 Å². The van der Waals surface area contributed by atoms with Crippen LogP contribution >= 0.6 is 0 Å². The van der Waals surface area contributed by atoms with Crippen LogP contribution in [0.25, 0.3) is 22.6 Å². The number of carbonyl (C=O) groups is 2. The van der Waals surface area contributed by atoms with Crippen LogP contribution in [0.1, 0.15) is 38.7 Å². The van der Waals surface area contributed by atoms with Crippen LogP contribution in [0, 0.1) is 18.7 Å². The maximum absolute atomic E-state index is 14.5. The van der Waals surface area contributed by atoms with Gasteiger partial charge in [0.2, 0.25) is 0 Å². The fourth-order valence-electron chi connectivity index (χ4n) is 3.26. The van der Waals surface area contributed by atoms with Crippen LogP contribution in [0.4, 0.5) is 25.1 Å². The minimum Gasteiger partial charge on any atom is -0.373 e. The van der Waals surface area contributed by atoms with Crippen molar-refractivity contribution in [2.45, 2.75) is 45.7 Å². The topological polar surface area (TPSA) is 109 Å². The van der Waals surface area contributed by atoms with Gasteiger partial charge >= 0.3 is 6.03 Å². The molecule has 4 rings (SSSR count). The zero-order valence-corrected chi connectivity index (χ0v) is 21.4. The van der Waals surface area contributed by atoms with Crippen LogP contribution in [-0.4, -0.2) is 46.5 Å². The number of nitrogens with zero attached hydrogens (tertiary/aromatic N) is 3. The Morgan fingerprint density at radius 2 is 1.89 bits per heavy atom. The van der Waals surface area contributed by atoms with Gasteiger partial charge in [-0.3, -0.25) is 0 Å². The lowest BCUT2D eigenvalue weighted by molar-refractivity contribution is -0.108. The van der Waals surface area contributed by atoms with Crippen LogP contribution in [-0.2, 0) is 4.79 Å². The van der Waals surface area contributed by atoms with E-state index in [0.717, 1.165) is 24.7 Å². The molecule has 2 aromatic heterocycles. The number of amides is 2. The van der Waals surface area contributed by atoms with E-state index < -0.39 is 17.5 Å². The van der Waals surface area contributed by atoms with E-state index in [4.69, 9.17) is 0 Å². The number of alkyl halides is 1. The van der Waals surface area contributed by atoms with Crippen molar-refractivity contribution < 1.29 is 18.4 Å². The Bertz CT molecular complexity index is 1240. The molecular weight excluding hydrogens is 478 g/mol. The number of urea groups is 1. The van der Waals surface area contributed by atoms with Crippen molar-refractivity contribution in [2.24, 2.45) is 5.92 Å². The second kappa shape index (κ2) is 12.3. The molecule has 0 atom stereocenters. The Hall–Kier alpha value is -3.95. The largest absolute Gasteiger partial charge is 0.373 e. The van der Waals surface area contributed by atoms with Crippen molar-refractivity contribution >= 4 is 23.8 Å². The summed E-state index contributed by atoms with van der Waals surface area (Å²) in [6.45, 7) is 4.73. The van der Waals surface area contributed by atoms with Gasteiger partial charge in [-0.2, -0.15) is 0 Å². The summed E-state index contributed by atoms with van der Waals surface area (Å²) in [5.41, 5.74) is 1.31. The number of halogens is 2. The molecule has 3 aromatic rings. The van der Waals surface area contributed by atoms with Crippen LogP contribution < -0.4 is 16.0 Å². The molecule has 1 saturated carbocycles. The van der Waals surface area contributed by atoms with Gasteiger partial charge in [-0.05, 0) is 75.9 Å². The molecule has 2 heterocycles. The van der Waals surface area contributed by atoms with Crippen molar-refractivity contribution in [2.75, 3.05) is 24.2 Å². The molecule has 37 heavy (non-hydrogen) atoms. The lowest BCUT2D eigenvalue weighted by atomic mass is 10.1. The first-order valence-corrected chi connectivity index (χ1v) is 12.1. The number of aryl methyl sites for hydroxylation is 1. The molecule has 0 saturated heterocycles. The minimum absolute atomic E-state index is 0.0157. The molecule has 1 aromatic carbocycles. The molecule has 0 bridgehead atoms. The standard InChI is InChI=1S/C23H26F2N6O.C4H6O/c1-14-11-17(24)19(31-22(32)29-10-7-23(2,3)25)13-16(14)21-28-9-6-18(30-21)15-5-8-27-20(12-15)26-4;5-3-4-1-2-4/h5-6,8-9,11-13H,7,10H2,1-4H3,(H,26,27)(H2,29,31,32);3-4H,1-2H2. The van der Waals surface area contributed by atoms with Gasteiger partial charge < -0.3 is 20.7 Å².